The molecule has 0 N–H and O–H groups in total. The molecule has 152 valence electrons. The highest BCUT2D eigenvalue weighted by molar-refractivity contribution is 5.85. The smallest absolute Gasteiger partial charge is 0.127 e. The molecule has 0 amide bonds. The van der Waals surface area contributed by atoms with E-state index in [1.54, 1.807) is 13.3 Å². The van der Waals surface area contributed by atoms with Crippen molar-refractivity contribution in [1.82, 2.24) is 15.4 Å². The summed E-state index contributed by atoms with van der Waals surface area (Å²) in [6.45, 7) is 4.41. The first-order valence-electron chi connectivity index (χ1n) is 10.4. The number of nitrogens with zero attached hydrogens (tertiary/aromatic N) is 3. The van der Waals surface area contributed by atoms with E-state index in [2.05, 4.69) is 35.3 Å². The molecular weight excluding hydrogens is 362 g/mol. The van der Waals surface area contributed by atoms with Crippen LogP contribution in [0.4, 0.5) is 0 Å². The number of unbranched alkanes of at least 4 members (excludes halogenated alkanes) is 2. The Hall–Kier alpha value is -2.95. The van der Waals surface area contributed by atoms with Crippen LogP contribution in [0.15, 0.2) is 54.7 Å². The van der Waals surface area contributed by atoms with Gasteiger partial charge in [0.2, 0.25) is 0 Å². The summed E-state index contributed by atoms with van der Waals surface area (Å²) in [6.07, 6.45) is 7.55. The average Bonchev–Trinajstić information content (AvgIpc) is 2.79. The lowest BCUT2D eigenvalue weighted by Crippen LogP contribution is -2.15. The summed E-state index contributed by atoms with van der Waals surface area (Å²) >= 11 is 0. The van der Waals surface area contributed by atoms with E-state index in [4.69, 9.17) is 9.47 Å². The Morgan fingerprint density at radius 1 is 0.931 bits per heavy atom. The molecule has 0 aliphatic rings. The van der Waals surface area contributed by atoms with Gasteiger partial charge in [-0.25, -0.2) is 0 Å². The van der Waals surface area contributed by atoms with Crippen LogP contribution >= 0.6 is 0 Å². The molecule has 1 atom stereocenters. The van der Waals surface area contributed by atoms with Gasteiger partial charge in [0.25, 0.3) is 0 Å². The van der Waals surface area contributed by atoms with E-state index in [-0.39, 0.29) is 6.10 Å². The molecule has 1 aromatic heterocycles. The third-order valence-electron chi connectivity index (χ3n) is 5.06. The number of para-hydroxylation sites is 1. The quantitative estimate of drug-likeness (QED) is 0.400. The normalized spacial score (nSPS) is 11.8. The van der Waals surface area contributed by atoms with Crippen LogP contribution in [0, 0.1) is 0 Å². The zero-order valence-electron chi connectivity index (χ0n) is 17.5. The lowest BCUT2D eigenvalue weighted by atomic mass is 9.96. The minimum atomic E-state index is 0.206. The molecule has 0 aliphatic heterocycles. The van der Waals surface area contributed by atoms with E-state index < -0.39 is 0 Å². The number of methoxy groups -OCH3 is 1. The van der Waals surface area contributed by atoms with E-state index in [1.807, 2.05) is 42.5 Å². The van der Waals surface area contributed by atoms with Crippen LogP contribution in [-0.2, 0) is 0 Å². The Kier molecular flexibility index (Phi) is 7.56. The van der Waals surface area contributed by atoms with E-state index in [0.717, 1.165) is 46.7 Å². The minimum Gasteiger partial charge on any atom is -0.497 e. The first-order valence-corrected chi connectivity index (χ1v) is 10.4. The van der Waals surface area contributed by atoms with Crippen molar-refractivity contribution in [2.75, 3.05) is 7.11 Å². The molecule has 1 heterocycles. The lowest BCUT2D eigenvalue weighted by molar-refractivity contribution is 0.183. The van der Waals surface area contributed by atoms with E-state index in [0.29, 0.717) is 0 Å². The van der Waals surface area contributed by atoms with Crippen LogP contribution in [0.25, 0.3) is 22.4 Å². The van der Waals surface area contributed by atoms with Crippen molar-refractivity contribution in [2.45, 2.75) is 52.1 Å². The number of hydrogen-bond acceptors (Lipinski definition) is 5. The predicted molar refractivity (Wildman–Crippen MR) is 116 cm³/mol. The van der Waals surface area contributed by atoms with Crippen molar-refractivity contribution in [1.29, 1.82) is 0 Å². The largest absolute Gasteiger partial charge is 0.497 e. The molecule has 29 heavy (non-hydrogen) atoms. The molecule has 0 aliphatic carbocycles. The molecule has 3 aromatic rings. The third-order valence-corrected chi connectivity index (χ3v) is 5.06. The molecule has 0 saturated carbocycles. The first kappa shape index (κ1) is 20.8. The fraction of sp³-hybridized carbons (Fsp3) is 0.375. The van der Waals surface area contributed by atoms with Gasteiger partial charge in [0.1, 0.15) is 11.5 Å². The van der Waals surface area contributed by atoms with Gasteiger partial charge >= 0.3 is 0 Å². The molecule has 5 nitrogen and oxygen atoms in total. The summed E-state index contributed by atoms with van der Waals surface area (Å²) in [7, 11) is 1.67. The van der Waals surface area contributed by atoms with Crippen LogP contribution < -0.4 is 9.47 Å². The van der Waals surface area contributed by atoms with Crippen LogP contribution in [0.3, 0.4) is 0 Å². The molecule has 0 fully saturated rings. The van der Waals surface area contributed by atoms with Gasteiger partial charge in [-0.2, -0.15) is 0 Å². The highest BCUT2D eigenvalue weighted by Crippen LogP contribution is 2.39. The molecule has 0 radical (unpaired) electrons. The van der Waals surface area contributed by atoms with Gasteiger partial charge in [-0.3, -0.25) is 0 Å². The fourth-order valence-electron chi connectivity index (χ4n) is 3.42. The number of ether oxygens (including phenoxy) is 2. The van der Waals surface area contributed by atoms with Crippen LogP contribution in [-0.4, -0.2) is 28.6 Å². The Morgan fingerprint density at radius 2 is 1.79 bits per heavy atom. The number of rotatable bonds is 10. The van der Waals surface area contributed by atoms with Gasteiger partial charge in [0.05, 0.1) is 25.1 Å². The summed E-state index contributed by atoms with van der Waals surface area (Å²) in [5, 5.41) is 11.8. The second-order valence-corrected chi connectivity index (χ2v) is 7.06. The van der Waals surface area contributed by atoms with Gasteiger partial charge < -0.3 is 9.47 Å². The fourth-order valence-corrected chi connectivity index (χ4v) is 3.42. The van der Waals surface area contributed by atoms with Crippen LogP contribution in [0.5, 0.6) is 11.5 Å². The molecule has 0 saturated heterocycles. The topological polar surface area (TPSA) is 57.1 Å². The van der Waals surface area contributed by atoms with Crippen LogP contribution in [0.2, 0.25) is 0 Å². The third kappa shape index (κ3) is 5.31. The summed E-state index contributed by atoms with van der Waals surface area (Å²) < 4.78 is 12.0. The number of benzene rings is 2. The molecule has 3 rings (SSSR count). The van der Waals surface area contributed by atoms with Crippen molar-refractivity contribution in [3.05, 3.63) is 54.7 Å². The summed E-state index contributed by atoms with van der Waals surface area (Å²) in [4.78, 5) is 0. The van der Waals surface area contributed by atoms with Gasteiger partial charge in [-0.15, -0.1) is 10.2 Å². The Balaban J connectivity index is 2.00. The molecule has 0 spiro atoms. The molecule has 5 heteroatoms. The summed E-state index contributed by atoms with van der Waals surface area (Å²) in [5.41, 5.74) is 3.76. The van der Waals surface area contributed by atoms with Crippen molar-refractivity contribution < 1.29 is 9.47 Å². The van der Waals surface area contributed by atoms with Gasteiger partial charge in [-0.1, -0.05) is 44.9 Å². The standard InChI is InChI=1S/C24H29N3O2/c1-4-6-7-10-18(5-2)29-24-12-9-8-11-21(24)22-17-19(28-3)13-14-20(22)23-15-16-25-27-26-23/h8-9,11-18H,4-7,10H2,1-3H3. The average molecular weight is 392 g/mol. The maximum absolute atomic E-state index is 6.47. The van der Waals surface area contributed by atoms with E-state index in [1.165, 1.54) is 19.3 Å². The monoisotopic (exact) mass is 391 g/mol. The van der Waals surface area contributed by atoms with Crippen LogP contribution in [0.1, 0.15) is 46.0 Å². The molecule has 1 unspecified atom stereocenters. The number of hydrogen-bond donors (Lipinski definition) is 0. The van der Waals surface area contributed by atoms with Crippen molar-refractivity contribution >= 4 is 0 Å². The van der Waals surface area contributed by atoms with E-state index in [9.17, 15) is 0 Å². The zero-order chi connectivity index (χ0) is 20.5. The highest BCUT2D eigenvalue weighted by atomic mass is 16.5. The van der Waals surface area contributed by atoms with Gasteiger partial charge in [0, 0.05) is 11.1 Å². The van der Waals surface area contributed by atoms with Crippen molar-refractivity contribution in [2.24, 2.45) is 0 Å². The maximum Gasteiger partial charge on any atom is 0.127 e. The molecular formula is C24H29N3O2. The first-order chi connectivity index (χ1) is 14.3. The van der Waals surface area contributed by atoms with E-state index >= 15 is 0 Å². The number of aromatic nitrogens is 3. The van der Waals surface area contributed by atoms with Crippen molar-refractivity contribution in [3.8, 4) is 33.9 Å². The predicted octanol–water partition coefficient (Wildman–Crippen LogP) is 5.95. The summed E-state index contributed by atoms with van der Waals surface area (Å²) in [6, 6.07) is 16.0. The van der Waals surface area contributed by atoms with Crippen molar-refractivity contribution in [3.63, 3.8) is 0 Å². The van der Waals surface area contributed by atoms with Gasteiger partial charge in [0.15, 0.2) is 0 Å². The second kappa shape index (κ2) is 10.6. The Morgan fingerprint density at radius 3 is 2.52 bits per heavy atom. The Labute approximate surface area is 173 Å². The summed E-state index contributed by atoms with van der Waals surface area (Å²) in [5.74, 6) is 1.67. The highest BCUT2D eigenvalue weighted by Gasteiger charge is 2.17. The zero-order valence-corrected chi connectivity index (χ0v) is 17.5. The Bertz CT molecular complexity index is 900. The molecule has 0 bridgehead atoms. The minimum absolute atomic E-state index is 0.206. The maximum atomic E-state index is 6.47. The lowest BCUT2D eigenvalue weighted by Gasteiger charge is -2.21. The van der Waals surface area contributed by atoms with Gasteiger partial charge in [-0.05, 0) is 60.4 Å². The SMILES string of the molecule is CCCCCC(CC)Oc1ccccc1-c1cc(OC)ccc1-c1ccnnn1. The molecule has 2 aromatic carbocycles. The second-order valence-electron chi connectivity index (χ2n) is 7.06.